The molecule has 1 aliphatic heterocycles. The van der Waals surface area contributed by atoms with Gasteiger partial charge in [0, 0.05) is 37.3 Å². The van der Waals surface area contributed by atoms with Crippen molar-refractivity contribution in [2.24, 2.45) is 0 Å². The van der Waals surface area contributed by atoms with Gasteiger partial charge in [-0.25, -0.2) is 4.98 Å². The number of nitrogens with one attached hydrogen (secondary N) is 1. The molecule has 6 heteroatoms. The van der Waals surface area contributed by atoms with Crippen LogP contribution in [0.25, 0.3) is 0 Å². The summed E-state index contributed by atoms with van der Waals surface area (Å²) in [6.45, 7) is 4.93. The van der Waals surface area contributed by atoms with Crippen molar-refractivity contribution >= 4 is 23.4 Å². The lowest BCUT2D eigenvalue weighted by Gasteiger charge is -2.31. The molecule has 0 aliphatic carbocycles. The van der Waals surface area contributed by atoms with Crippen LogP contribution in [0.5, 0.6) is 0 Å². The lowest BCUT2D eigenvalue weighted by atomic mass is 10.0. The van der Waals surface area contributed by atoms with Crippen molar-refractivity contribution in [1.29, 1.82) is 0 Å². The van der Waals surface area contributed by atoms with E-state index in [0.29, 0.717) is 23.8 Å². The second-order valence-electron chi connectivity index (χ2n) is 5.28. The van der Waals surface area contributed by atoms with Crippen LogP contribution in [-0.2, 0) is 11.2 Å². The van der Waals surface area contributed by atoms with Gasteiger partial charge in [0.25, 0.3) is 5.91 Å². The van der Waals surface area contributed by atoms with E-state index in [-0.39, 0.29) is 17.9 Å². The molecule has 2 rings (SSSR count). The van der Waals surface area contributed by atoms with Crippen molar-refractivity contribution in [3.8, 4) is 0 Å². The standard InChI is InChI=1S/C15H20ClN3O2/c1-3-12-8-11(9-14(16)17-12)15(21)18-13-4-6-19(7-5-13)10(2)20/h8-9,13H,3-7H2,1-2H3,(H,18,21). The molecule has 1 aliphatic rings. The smallest absolute Gasteiger partial charge is 0.251 e. The second-order valence-corrected chi connectivity index (χ2v) is 5.66. The number of hydrogen-bond donors (Lipinski definition) is 1. The summed E-state index contributed by atoms with van der Waals surface area (Å²) in [7, 11) is 0. The third-order valence-electron chi connectivity index (χ3n) is 3.75. The number of rotatable bonds is 3. The zero-order chi connectivity index (χ0) is 15.4. The van der Waals surface area contributed by atoms with Crippen LogP contribution in [0.2, 0.25) is 5.15 Å². The lowest BCUT2D eigenvalue weighted by molar-refractivity contribution is -0.129. The van der Waals surface area contributed by atoms with E-state index in [0.717, 1.165) is 25.0 Å². The van der Waals surface area contributed by atoms with E-state index in [4.69, 9.17) is 11.6 Å². The first-order valence-electron chi connectivity index (χ1n) is 7.22. The molecule has 114 valence electrons. The summed E-state index contributed by atoms with van der Waals surface area (Å²) in [6.07, 6.45) is 2.30. The van der Waals surface area contributed by atoms with Crippen molar-refractivity contribution in [1.82, 2.24) is 15.2 Å². The Bertz CT molecular complexity index is 540. The Hall–Kier alpha value is -1.62. The van der Waals surface area contributed by atoms with Crippen LogP contribution in [0.15, 0.2) is 12.1 Å². The molecule has 0 bridgehead atoms. The molecule has 21 heavy (non-hydrogen) atoms. The van der Waals surface area contributed by atoms with Gasteiger partial charge in [-0.2, -0.15) is 0 Å². The topological polar surface area (TPSA) is 62.3 Å². The fraction of sp³-hybridized carbons (Fsp3) is 0.533. The molecule has 1 aromatic heterocycles. The number of aryl methyl sites for hydroxylation is 1. The minimum absolute atomic E-state index is 0.0910. The van der Waals surface area contributed by atoms with Gasteiger partial charge in [0.1, 0.15) is 5.15 Å². The predicted octanol–water partition coefficient (Wildman–Crippen LogP) is 2.04. The summed E-state index contributed by atoms with van der Waals surface area (Å²) in [4.78, 5) is 29.5. The van der Waals surface area contributed by atoms with Gasteiger partial charge in [0.15, 0.2) is 0 Å². The Kier molecular flexibility index (Phi) is 5.17. The zero-order valence-electron chi connectivity index (χ0n) is 12.4. The Balaban J connectivity index is 1.96. The minimum atomic E-state index is -0.129. The summed E-state index contributed by atoms with van der Waals surface area (Å²) < 4.78 is 0. The molecule has 0 saturated carbocycles. The highest BCUT2D eigenvalue weighted by Crippen LogP contribution is 2.14. The van der Waals surface area contributed by atoms with Crippen molar-refractivity contribution in [2.75, 3.05) is 13.1 Å². The van der Waals surface area contributed by atoms with Gasteiger partial charge < -0.3 is 10.2 Å². The van der Waals surface area contributed by atoms with Gasteiger partial charge in [0.2, 0.25) is 5.91 Å². The SMILES string of the molecule is CCc1cc(C(=O)NC2CCN(C(C)=O)CC2)cc(Cl)n1. The van der Waals surface area contributed by atoms with E-state index in [1.807, 2.05) is 6.92 Å². The molecule has 0 spiro atoms. The number of likely N-dealkylation sites (tertiary alicyclic amines) is 1. The van der Waals surface area contributed by atoms with Crippen LogP contribution in [-0.4, -0.2) is 40.8 Å². The number of amides is 2. The highest BCUT2D eigenvalue weighted by atomic mass is 35.5. The third kappa shape index (κ3) is 4.17. The normalized spacial score (nSPS) is 15.9. The number of halogens is 1. The first-order valence-corrected chi connectivity index (χ1v) is 7.60. The number of pyridine rings is 1. The number of hydrogen-bond acceptors (Lipinski definition) is 3. The molecule has 0 aromatic carbocycles. The van der Waals surface area contributed by atoms with Crippen LogP contribution in [0.4, 0.5) is 0 Å². The maximum absolute atomic E-state index is 12.3. The molecule has 1 N–H and O–H groups in total. The van der Waals surface area contributed by atoms with Gasteiger partial charge in [-0.15, -0.1) is 0 Å². The first-order chi connectivity index (χ1) is 9.99. The van der Waals surface area contributed by atoms with Crippen LogP contribution in [0, 0.1) is 0 Å². The largest absolute Gasteiger partial charge is 0.349 e. The van der Waals surface area contributed by atoms with E-state index < -0.39 is 0 Å². The molecule has 2 heterocycles. The third-order valence-corrected chi connectivity index (χ3v) is 3.94. The van der Waals surface area contributed by atoms with Crippen LogP contribution < -0.4 is 5.32 Å². The van der Waals surface area contributed by atoms with Gasteiger partial charge in [0.05, 0.1) is 0 Å². The number of carbonyl (C=O) groups excluding carboxylic acids is 2. The predicted molar refractivity (Wildman–Crippen MR) is 81.4 cm³/mol. The van der Waals surface area contributed by atoms with Crippen LogP contribution in [0.1, 0.15) is 42.7 Å². The van der Waals surface area contributed by atoms with Crippen LogP contribution >= 0.6 is 11.6 Å². The van der Waals surface area contributed by atoms with E-state index >= 15 is 0 Å². The summed E-state index contributed by atoms with van der Waals surface area (Å²) in [6, 6.07) is 3.46. The monoisotopic (exact) mass is 309 g/mol. The average Bonchev–Trinajstić information content (AvgIpc) is 2.47. The summed E-state index contributed by atoms with van der Waals surface area (Å²) >= 11 is 5.93. The van der Waals surface area contributed by atoms with Gasteiger partial charge in [-0.3, -0.25) is 9.59 Å². The molecule has 1 aromatic rings. The first kappa shape index (κ1) is 15.8. The summed E-state index contributed by atoms with van der Waals surface area (Å²) in [5, 5.41) is 3.35. The van der Waals surface area contributed by atoms with E-state index in [2.05, 4.69) is 10.3 Å². The molecule has 1 saturated heterocycles. The fourth-order valence-corrected chi connectivity index (χ4v) is 2.70. The molecular weight excluding hydrogens is 290 g/mol. The molecule has 2 amide bonds. The maximum atomic E-state index is 12.3. The lowest BCUT2D eigenvalue weighted by Crippen LogP contribution is -2.46. The molecule has 5 nitrogen and oxygen atoms in total. The van der Waals surface area contributed by atoms with Crippen molar-refractivity contribution < 1.29 is 9.59 Å². The van der Waals surface area contributed by atoms with Crippen molar-refractivity contribution in [3.05, 3.63) is 28.5 Å². The van der Waals surface area contributed by atoms with Crippen molar-refractivity contribution in [2.45, 2.75) is 39.2 Å². The van der Waals surface area contributed by atoms with E-state index in [1.165, 1.54) is 0 Å². The summed E-state index contributed by atoms with van der Waals surface area (Å²) in [5.41, 5.74) is 1.35. The zero-order valence-corrected chi connectivity index (χ0v) is 13.1. The number of nitrogens with zero attached hydrogens (tertiary/aromatic N) is 2. The fourth-order valence-electron chi connectivity index (χ4n) is 2.47. The van der Waals surface area contributed by atoms with E-state index in [1.54, 1.807) is 24.0 Å². The molecule has 0 atom stereocenters. The van der Waals surface area contributed by atoms with Gasteiger partial charge in [-0.05, 0) is 31.4 Å². The Morgan fingerprint density at radius 3 is 2.62 bits per heavy atom. The quantitative estimate of drug-likeness (QED) is 0.869. The molecule has 1 fully saturated rings. The van der Waals surface area contributed by atoms with Crippen LogP contribution in [0.3, 0.4) is 0 Å². The average molecular weight is 310 g/mol. The van der Waals surface area contributed by atoms with Crippen molar-refractivity contribution in [3.63, 3.8) is 0 Å². The number of carbonyl (C=O) groups is 2. The second kappa shape index (κ2) is 6.89. The Morgan fingerprint density at radius 2 is 2.05 bits per heavy atom. The minimum Gasteiger partial charge on any atom is -0.349 e. The van der Waals surface area contributed by atoms with Gasteiger partial charge >= 0.3 is 0 Å². The molecule has 0 radical (unpaired) electrons. The van der Waals surface area contributed by atoms with E-state index in [9.17, 15) is 9.59 Å². The highest BCUT2D eigenvalue weighted by Gasteiger charge is 2.22. The van der Waals surface area contributed by atoms with Gasteiger partial charge in [-0.1, -0.05) is 18.5 Å². The molecular formula is C15H20ClN3O2. The highest BCUT2D eigenvalue weighted by molar-refractivity contribution is 6.29. The number of aromatic nitrogens is 1. The molecule has 0 unspecified atom stereocenters. The maximum Gasteiger partial charge on any atom is 0.251 e. The summed E-state index contributed by atoms with van der Waals surface area (Å²) in [5.74, 6) is -0.0384. The Labute approximate surface area is 129 Å². The number of piperidine rings is 1. The Morgan fingerprint density at radius 1 is 1.38 bits per heavy atom.